The van der Waals surface area contributed by atoms with Crippen LogP contribution in [0, 0.1) is 0 Å². The van der Waals surface area contributed by atoms with Crippen molar-refractivity contribution in [3.05, 3.63) is 64.1 Å². The number of aromatic nitrogens is 2. The van der Waals surface area contributed by atoms with E-state index >= 15 is 0 Å². The number of rotatable bonds is 4. The third kappa shape index (κ3) is 3.80. The van der Waals surface area contributed by atoms with Crippen LogP contribution < -0.4 is 10.9 Å². The van der Waals surface area contributed by atoms with E-state index < -0.39 is 0 Å². The van der Waals surface area contributed by atoms with Gasteiger partial charge in [0.15, 0.2) is 0 Å². The maximum Gasteiger partial charge on any atom is 0.340 e. The van der Waals surface area contributed by atoms with Gasteiger partial charge in [0.05, 0.1) is 0 Å². The lowest BCUT2D eigenvalue weighted by Crippen LogP contribution is -2.29. The van der Waals surface area contributed by atoms with Crippen molar-refractivity contribution in [3.63, 3.8) is 0 Å². The maximum absolute atomic E-state index is 11.9. The summed E-state index contributed by atoms with van der Waals surface area (Å²) in [6.45, 7) is 0. The zero-order valence-corrected chi connectivity index (χ0v) is 13.1. The number of nitrogens with one attached hydrogen (secondary N) is 2. The molecule has 8 heteroatoms. The number of halogens is 2. The molecule has 0 saturated heterocycles. The predicted molar refractivity (Wildman–Crippen MR) is 87.3 cm³/mol. The molecule has 0 aliphatic rings. The molecule has 0 radical (unpaired) electrons. The van der Waals surface area contributed by atoms with Crippen molar-refractivity contribution in [1.29, 1.82) is 0 Å². The largest absolute Gasteiger partial charge is 0.340 e. The van der Waals surface area contributed by atoms with Crippen molar-refractivity contribution < 1.29 is 9.32 Å². The molecule has 23 heavy (non-hydrogen) atoms. The molecule has 1 heterocycles. The van der Waals surface area contributed by atoms with Crippen molar-refractivity contribution in [1.82, 2.24) is 15.6 Å². The molecule has 0 bridgehead atoms. The zero-order valence-electron chi connectivity index (χ0n) is 11.6. The van der Waals surface area contributed by atoms with Gasteiger partial charge in [-0.3, -0.25) is 10.2 Å². The molecule has 1 aromatic heterocycles. The number of hydrazine groups is 1. The van der Waals surface area contributed by atoms with Gasteiger partial charge in [0, 0.05) is 21.2 Å². The molecule has 0 aliphatic carbocycles. The highest BCUT2D eigenvalue weighted by Crippen LogP contribution is 2.19. The molecule has 3 aromatic rings. The lowest BCUT2D eigenvalue weighted by Gasteiger charge is -2.04. The second-order valence-corrected chi connectivity index (χ2v) is 5.39. The van der Waals surface area contributed by atoms with Gasteiger partial charge in [-0.1, -0.05) is 34.4 Å². The van der Waals surface area contributed by atoms with Crippen LogP contribution in [0.15, 0.2) is 53.1 Å². The topological polar surface area (TPSA) is 80.0 Å². The highest BCUT2D eigenvalue weighted by atomic mass is 35.5. The van der Waals surface area contributed by atoms with E-state index in [1.165, 1.54) is 0 Å². The summed E-state index contributed by atoms with van der Waals surface area (Å²) in [4.78, 5) is 16.1. The van der Waals surface area contributed by atoms with Gasteiger partial charge in [-0.25, -0.2) is 5.43 Å². The molecule has 2 aromatic carbocycles. The fourth-order valence-electron chi connectivity index (χ4n) is 1.80. The molecule has 0 atom stereocenters. The van der Waals surface area contributed by atoms with E-state index in [0.29, 0.717) is 21.4 Å². The highest BCUT2D eigenvalue weighted by Gasteiger charge is 2.10. The SMILES string of the molecule is O=C(NNc1nc(-c2ccc(Cl)cc2)no1)c1cccc(Cl)c1. The quantitative estimate of drug-likeness (QED) is 0.701. The Bertz CT molecular complexity index is 834. The van der Waals surface area contributed by atoms with Crippen molar-refractivity contribution in [3.8, 4) is 11.4 Å². The lowest BCUT2D eigenvalue weighted by atomic mass is 10.2. The minimum atomic E-state index is -0.376. The Balaban J connectivity index is 1.65. The third-order valence-corrected chi connectivity index (χ3v) is 3.39. The zero-order chi connectivity index (χ0) is 16.2. The normalized spacial score (nSPS) is 10.3. The average Bonchev–Trinajstić information content (AvgIpc) is 3.02. The Kier molecular flexibility index (Phi) is 4.45. The fourth-order valence-corrected chi connectivity index (χ4v) is 2.12. The maximum atomic E-state index is 11.9. The summed E-state index contributed by atoms with van der Waals surface area (Å²) < 4.78 is 5.01. The number of carbonyl (C=O) groups is 1. The summed E-state index contributed by atoms with van der Waals surface area (Å²) in [6.07, 6.45) is 0. The predicted octanol–water partition coefficient (Wildman–Crippen LogP) is 3.80. The van der Waals surface area contributed by atoms with E-state index in [1.54, 1.807) is 48.5 Å². The van der Waals surface area contributed by atoms with E-state index in [9.17, 15) is 4.79 Å². The van der Waals surface area contributed by atoms with Crippen LogP contribution in [0.3, 0.4) is 0 Å². The first-order valence-corrected chi connectivity index (χ1v) is 7.29. The van der Waals surface area contributed by atoms with Gasteiger partial charge < -0.3 is 4.52 Å². The Morgan fingerprint density at radius 1 is 1.04 bits per heavy atom. The summed E-state index contributed by atoms with van der Waals surface area (Å²) in [7, 11) is 0. The Labute approximate surface area is 141 Å². The number of benzene rings is 2. The van der Waals surface area contributed by atoms with Crippen LogP contribution in [-0.2, 0) is 0 Å². The van der Waals surface area contributed by atoms with Gasteiger partial charge >= 0.3 is 6.01 Å². The summed E-state index contributed by atoms with van der Waals surface area (Å²) >= 11 is 11.7. The lowest BCUT2D eigenvalue weighted by molar-refractivity contribution is 0.0961. The molecule has 1 amide bonds. The molecule has 2 N–H and O–H groups in total. The van der Waals surface area contributed by atoms with Crippen LogP contribution in [0.2, 0.25) is 10.0 Å². The van der Waals surface area contributed by atoms with Gasteiger partial charge in [0.2, 0.25) is 5.82 Å². The van der Waals surface area contributed by atoms with Crippen LogP contribution in [-0.4, -0.2) is 16.0 Å². The third-order valence-electron chi connectivity index (χ3n) is 2.90. The van der Waals surface area contributed by atoms with E-state index in [2.05, 4.69) is 21.0 Å². The van der Waals surface area contributed by atoms with Crippen molar-refractivity contribution in [2.75, 3.05) is 5.43 Å². The number of carbonyl (C=O) groups excluding carboxylic acids is 1. The van der Waals surface area contributed by atoms with Crippen LogP contribution in [0.1, 0.15) is 10.4 Å². The molecular weight excluding hydrogens is 339 g/mol. The fraction of sp³-hybridized carbons (Fsp3) is 0. The molecule has 3 rings (SSSR count). The minimum absolute atomic E-state index is 0.0605. The molecule has 0 saturated carbocycles. The molecule has 0 spiro atoms. The number of hydrogen-bond donors (Lipinski definition) is 2. The Morgan fingerprint density at radius 3 is 2.57 bits per heavy atom. The number of anilines is 1. The van der Waals surface area contributed by atoms with Crippen LogP contribution >= 0.6 is 23.2 Å². The molecule has 6 nitrogen and oxygen atoms in total. The smallest absolute Gasteiger partial charge is 0.313 e. The van der Waals surface area contributed by atoms with Gasteiger partial charge in [-0.05, 0) is 42.5 Å². The minimum Gasteiger partial charge on any atom is -0.313 e. The van der Waals surface area contributed by atoms with Gasteiger partial charge in [0.25, 0.3) is 5.91 Å². The second kappa shape index (κ2) is 6.68. The number of nitrogens with zero attached hydrogens (tertiary/aromatic N) is 2. The number of hydrogen-bond acceptors (Lipinski definition) is 5. The first-order valence-electron chi connectivity index (χ1n) is 6.53. The first kappa shape index (κ1) is 15.3. The van der Waals surface area contributed by atoms with Crippen molar-refractivity contribution in [2.45, 2.75) is 0 Å². The van der Waals surface area contributed by atoms with Crippen LogP contribution in [0.5, 0.6) is 0 Å². The standard InChI is InChI=1S/C15H10Cl2N4O2/c16-11-6-4-9(5-7-11)13-18-15(23-21-13)20-19-14(22)10-2-1-3-12(17)8-10/h1-8H,(H,19,22)(H,18,20,21). The molecule has 0 unspecified atom stereocenters. The number of amides is 1. The average molecular weight is 349 g/mol. The summed E-state index contributed by atoms with van der Waals surface area (Å²) in [6, 6.07) is 13.6. The van der Waals surface area contributed by atoms with Crippen LogP contribution in [0.25, 0.3) is 11.4 Å². The first-order chi connectivity index (χ1) is 11.1. The molecular formula is C15H10Cl2N4O2. The Hall–Kier alpha value is -2.57. The van der Waals surface area contributed by atoms with Crippen molar-refractivity contribution in [2.24, 2.45) is 0 Å². The van der Waals surface area contributed by atoms with Gasteiger partial charge in [0.1, 0.15) is 0 Å². The van der Waals surface area contributed by atoms with E-state index in [0.717, 1.165) is 5.56 Å². The monoisotopic (exact) mass is 348 g/mol. The summed E-state index contributed by atoms with van der Waals surface area (Å²) in [5.74, 6) is -0.0000795. The Morgan fingerprint density at radius 2 is 1.83 bits per heavy atom. The van der Waals surface area contributed by atoms with Gasteiger partial charge in [-0.15, -0.1) is 0 Å². The van der Waals surface area contributed by atoms with E-state index in [1.807, 2.05) is 0 Å². The van der Waals surface area contributed by atoms with Crippen molar-refractivity contribution >= 4 is 35.1 Å². The highest BCUT2D eigenvalue weighted by molar-refractivity contribution is 6.31. The summed E-state index contributed by atoms with van der Waals surface area (Å²) in [5, 5.41) is 4.90. The summed E-state index contributed by atoms with van der Waals surface area (Å²) in [5.41, 5.74) is 6.15. The molecule has 0 fully saturated rings. The van der Waals surface area contributed by atoms with Crippen LogP contribution in [0.4, 0.5) is 6.01 Å². The second-order valence-electron chi connectivity index (χ2n) is 4.52. The van der Waals surface area contributed by atoms with E-state index in [-0.39, 0.29) is 11.9 Å². The van der Waals surface area contributed by atoms with Gasteiger partial charge in [-0.2, -0.15) is 4.98 Å². The molecule has 0 aliphatic heterocycles. The molecule has 116 valence electrons. The van der Waals surface area contributed by atoms with E-state index in [4.69, 9.17) is 27.7 Å².